The molecule has 33 heavy (non-hydrogen) atoms. The highest BCUT2D eigenvalue weighted by atomic mass is 32.2. The largest absolute Gasteiger partial charge is 0.325 e. The summed E-state index contributed by atoms with van der Waals surface area (Å²) in [6, 6.07) is 11.7. The molecule has 1 unspecified atom stereocenters. The highest BCUT2D eigenvalue weighted by Crippen LogP contribution is 2.30. The van der Waals surface area contributed by atoms with Crippen LogP contribution in [-0.2, 0) is 11.3 Å². The number of hydrogen-bond acceptors (Lipinski definition) is 5. The minimum atomic E-state index is -0.397. The molecular weight excluding hydrogens is 434 g/mol. The first kappa shape index (κ1) is 23.0. The standard InChI is InChI=1S/C26H27N3O3S/c1-14(2)13-29-16(4)15(3)27-26(29)33-17(5)25(32)28-18-10-11-21-22(12-18)24(31)20-9-7-6-8-19(20)23(21)30/h6-12,14,17H,13H2,1-5H3,(H,28,32). The van der Waals surface area contributed by atoms with E-state index in [0.717, 1.165) is 23.1 Å². The molecule has 0 bridgehead atoms. The van der Waals surface area contributed by atoms with Crippen LogP contribution in [0.3, 0.4) is 0 Å². The molecule has 1 amide bonds. The lowest BCUT2D eigenvalue weighted by Crippen LogP contribution is -2.24. The quantitative estimate of drug-likeness (QED) is 0.406. The number of hydrogen-bond donors (Lipinski definition) is 1. The SMILES string of the molecule is Cc1nc(SC(C)C(=O)Nc2ccc3c(c2)C(=O)c2ccccc2C3=O)n(CC(C)C)c1C. The minimum absolute atomic E-state index is 0.176. The molecule has 6 nitrogen and oxygen atoms in total. The lowest BCUT2D eigenvalue weighted by Gasteiger charge is -2.19. The van der Waals surface area contributed by atoms with Gasteiger partial charge in [-0.2, -0.15) is 0 Å². The van der Waals surface area contributed by atoms with Crippen LogP contribution >= 0.6 is 11.8 Å². The number of benzene rings is 2. The number of nitrogens with zero attached hydrogens (tertiary/aromatic N) is 2. The van der Waals surface area contributed by atoms with Crippen LogP contribution in [0.2, 0.25) is 0 Å². The Kier molecular flexibility index (Phi) is 6.26. The van der Waals surface area contributed by atoms with Crippen molar-refractivity contribution in [2.45, 2.75) is 51.6 Å². The Bertz CT molecular complexity index is 1280. The molecule has 0 saturated carbocycles. The summed E-state index contributed by atoms with van der Waals surface area (Å²) in [4.78, 5) is 43.3. The van der Waals surface area contributed by atoms with Gasteiger partial charge in [0, 0.05) is 40.2 Å². The van der Waals surface area contributed by atoms with Crippen LogP contribution in [0.4, 0.5) is 5.69 Å². The third-order valence-corrected chi connectivity index (χ3v) is 6.90. The van der Waals surface area contributed by atoms with Gasteiger partial charge in [-0.15, -0.1) is 0 Å². The number of ketones is 2. The van der Waals surface area contributed by atoms with E-state index >= 15 is 0 Å². The molecule has 3 aromatic rings. The molecule has 4 rings (SSSR count). The number of aryl methyl sites for hydroxylation is 1. The average molecular weight is 462 g/mol. The summed E-state index contributed by atoms with van der Waals surface area (Å²) in [5, 5.41) is 3.32. The van der Waals surface area contributed by atoms with Crippen LogP contribution in [0.15, 0.2) is 47.6 Å². The van der Waals surface area contributed by atoms with Gasteiger partial charge in [0.15, 0.2) is 16.7 Å². The molecule has 1 aliphatic rings. The van der Waals surface area contributed by atoms with Crippen LogP contribution in [0, 0.1) is 19.8 Å². The first-order valence-corrected chi connectivity index (χ1v) is 11.9. The fraction of sp³-hybridized carbons (Fsp3) is 0.308. The Hall–Kier alpha value is -3.19. The Morgan fingerprint density at radius 2 is 1.58 bits per heavy atom. The van der Waals surface area contributed by atoms with E-state index in [-0.39, 0.29) is 17.5 Å². The molecule has 7 heteroatoms. The van der Waals surface area contributed by atoms with E-state index in [0.29, 0.717) is 33.9 Å². The van der Waals surface area contributed by atoms with E-state index in [9.17, 15) is 14.4 Å². The second-order valence-electron chi connectivity index (χ2n) is 8.78. The number of anilines is 1. The van der Waals surface area contributed by atoms with Gasteiger partial charge in [-0.1, -0.05) is 49.9 Å². The summed E-state index contributed by atoms with van der Waals surface area (Å²) in [6.07, 6.45) is 0. The zero-order valence-electron chi connectivity index (χ0n) is 19.4. The molecule has 170 valence electrons. The van der Waals surface area contributed by atoms with Crippen molar-refractivity contribution in [3.63, 3.8) is 0 Å². The van der Waals surface area contributed by atoms with Crippen LogP contribution in [0.1, 0.15) is 64.0 Å². The summed E-state index contributed by atoms with van der Waals surface area (Å²) in [5.41, 5.74) is 4.05. The Morgan fingerprint density at radius 1 is 0.970 bits per heavy atom. The molecule has 2 aromatic carbocycles. The third kappa shape index (κ3) is 4.37. The molecule has 1 N–H and O–H groups in total. The van der Waals surface area contributed by atoms with Gasteiger partial charge in [0.1, 0.15) is 0 Å². The second kappa shape index (κ2) is 8.98. The molecule has 0 saturated heterocycles. The van der Waals surface area contributed by atoms with Crippen molar-refractivity contribution < 1.29 is 14.4 Å². The number of imidazole rings is 1. The predicted molar refractivity (Wildman–Crippen MR) is 130 cm³/mol. The molecule has 0 aliphatic heterocycles. The van der Waals surface area contributed by atoms with Crippen molar-refractivity contribution in [3.8, 4) is 0 Å². The minimum Gasteiger partial charge on any atom is -0.325 e. The van der Waals surface area contributed by atoms with Crippen LogP contribution in [0.5, 0.6) is 0 Å². The Labute approximate surface area is 197 Å². The van der Waals surface area contributed by atoms with Crippen molar-refractivity contribution in [2.75, 3.05) is 5.32 Å². The number of carbonyl (C=O) groups excluding carboxylic acids is 3. The first-order chi connectivity index (χ1) is 15.7. The fourth-order valence-electron chi connectivity index (χ4n) is 3.93. The topological polar surface area (TPSA) is 81.1 Å². The van der Waals surface area contributed by atoms with Gasteiger partial charge < -0.3 is 9.88 Å². The lowest BCUT2D eigenvalue weighted by atomic mass is 9.84. The average Bonchev–Trinajstić information content (AvgIpc) is 3.04. The molecule has 1 heterocycles. The van der Waals surface area contributed by atoms with E-state index < -0.39 is 5.25 Å². The van der Waals surface area contributed by atoms with Crippen LogP contribution in [0.25, 0.3) is 0 Å². The van der Waals surface area contributed by atoms with E-state index in [2.05, 4.69) is 28.7 Å². The number of thioether (sulfide) groups is 1. The zero-order valence-corrected chi connectivity index (χ0v) is 20.2. The maximum atomic E-state index is 12.9. The third-order valence-electron chi connectivity index (χ3n) is 5.81. The van der Waals surface area contributed by atoms with Crippen molar-refractivity contribution in [2.24, 2.45) is 5.92 Å². The van der Waals surface area contributed by atoms with Gasteiger partial charge in [-0.05, 0) is 44.9 Å². The van der Waals surface area contributed by atoms with Gasteiger partial charge in [0.2, 0.25) is 5.91 Å². The summed E-state index contributed by atoms with van der Waals surface area (Å²) in [6.45, 7) is 11.0. The molecular formula is C26H27N3O3S. The van der Waals surface area contributed by atoms with Gasteiger partial charge in [-0.25, -0.2) is 4.98 Å². The highest BCUT2D eigenvalue weighted by Gasteiger charge is 2.29. The van der Waals surface area contributed by atoms with E-state index in [1.807, 2.05) is 20.8 Å². The first-order valence-electron chi connectivity index (χ1n) is 11.0. The maximum Gasteiger partial charge on any atom is 0.237 e. The zero-order chi connectivity index (χ0) is 23.9. The van der Waals surface area contributed by atoms with E-state index in [4.69, 9.17) is 0 Å². The van der Waals surface area contributed by atoms with Crippen LogP contribution < -0.4 is 5.32 Å². The van der Waals surface area contributed by atoms with E-state index in [1.165, 1.54) is 11.8 Å². The van der Waals surface area contributed by atoms with Gasteiger partial charge in [0.25, 0.3) is 0 Å². The van der Waals surface area contributed by atoms with E-state index in [1.54, 1.807) is 42.5 Å². The summed E-state index contributed by atoms with van der Waals surface area (Å²) in [5.74, 6) is -0.115. The summed E-state index contributed by atoms with van der Waals surface area (Å²) >= 11 is 1.41. The number of amides is 1. The number of carbonyl (C=O) groups is 3. The number of fused-ring (bicyclic) bond motifs is 2. The smallest absolute Gasteiger partial charge is 0.237 e. The van der Waals surface area contributed by atoms with Gasteiger partial charge in [-0.3, -0.25) is 14.4 Å². The lowest BCUT2D eigenvalue weighted by molar-refractivity contribution is -0.115. The number of rotatable bonds is 6. The van der Waals surface area contributed by atoms with Crippen LogP contribution in [-0.4, -0.2) is 32.3 Å². The van der Waals surface area contributed by atoms with Crippen molar-refractivity contribution in [1.82, 2.24) is 9.55 Å². The van der Waals surface area contributed by atoms with Crippen molar-refractivity contribution in [1.29, 1.82) is 0 Å². The predicted octanol–water partition coefficient (Wildman–Crippen LogP) is 5.05. The summed E-state index contributed by atoms with van der Waals surface area (Å²) < 4.78 is 2.16. The maximum absolute atomic E-state index is 12.9. The monoisotopic (exact) mass is 461 g/mol. The normalized spacial score (nSPS) is 13.6. The highest BCUT2D eigenvalue weighted by molar-refractivity contribution is 8.00. The molecule has 0 fully saturated rings. The Morgan fingerprint density at radius 3 is 2.21 bits per heavy atom. The van der Waals surface area contributed by atoms with Gasteiger partial charge in [0.05, 0.1) is 10.9 Å². The number of nitrogens with one attached hydrogen (secondary N) is 1. The van der Waals surface area contributed by atoms with Crippen molar-refractivity contribution in [3.05, 3.63) is 76.1 Å². The molecule has 0 radical (unpaired) electrons. The number of aromatic nitrogens is 2. The summed E-state index contributed by atoms with van der Waals surface area (Å²) in [7, 11) is 0. The molecule has 1 aliphatic carbocycles. The van der Waals surface area contributed by atoms with Crippen molar-refractivity contribution >= 4 is 34.9 Å². The second-order valence-corrected chi connectivity index (χ2v) is 10.1. The Balaban J connectivity index is 1.53. The molecule has 0 spiro atoms. The molecule has 1 atom stereocenters. The van der Waals surface area contributed by atoms with Gasteiger partial charge >= 0.3 is 0 Å². The fourth-order valence-corrected chi connectivity index (χ4v) is 4.94. The molecule has 1 aromatic heterocycles.